The van der Waals surface area contributed by atoms with E-state index in [0.29, 0.717) is 0 Å². The average Bonchev–Trinajstić information content (AvgIpc) is 3.97. The molecule has 3 nitrogen and oxygen atoms in total. The van der Waals surface area contributed by atoms with Crippen LogP contribution >= 0.6 is 11.3 Å². The topological polar surface area (TPSA) is 21.3 Å². The van der Waals surface area contributed by atoms with Crippen molar-refractivity contribution in [1.82, 2.24) is 4.57 Å². The molecule has 0 N–H and O–H groups in total. The lowest BCUT2D eigenvalue weighted by atomic mass is 10.0. The molecular formula is C54H34N2OS. The molecule has 9 aromatic carbocycles. The SMILES string of the molecule is c1ccc(-n2c3ccccc3c3cc(-c4ccc(N(c5ccc(-c6ccc7sc8ccccc8c7c6)cc5)c5cccc6oc7ccccc7c56)cc4)ccc32)cc1. The van der Waals surface area contributed by atoms with E-state index in [1.54, 1.807) is 0 Å². The Morgan fingerprint density at radius 2 is 0.948 bits per heavy atom. The molecule has 0 radical (unpaired) electrons. The summed E-state index contributed by atoms with van der Waals surface area (Å²) in [5.74, 6) is 0. The molecule has 272 valence electrons. The van der Waals surface area contributed by atoms with E-state index < -0.39 is 0 Å². The van der Waals surface area contributed by atoms with Gasteiger partial charge in [-0.2, -0.15) is 0 Å². The summed E-state index contributed by atoms with van der Waals surface area (Å²) in [5, 5.41) is 7.32. The summed E-state index contributed by atoms with van der Waals surface area (Å²) >= 11 is 1.85. The van der Waals surface area contributed by atoms with E-state index >= 15 is 0 Å². The maximum Gasteiger partial charge on any atom is 0.137 e. The predicted octanol–water partition coefficient (Wildman–Crippen LogP) is 15.9. The van der Waals surface area contributed by atoms with Crippen molar-refractivity contribution < 1.29 is 4.42 Å². The number of thiophene rings is 1. The van der Waals surface area contributed by atoms with E-state index in [1.807, 2.05) is 17.4 Å². The highest BCUT2D eigenvalue weighted by Gasteiger charge is 2.20. The standard InChI is InChI=1S/C54H34N2OS/c1-2-11-39(12-3-1)56-47-16-7-4-13-42(47)45-33-37(25-31-48(45)56)35-21-27-40(28-22-35)55(49-17-10-19-51-54(49)44-15-5-8-18-50(44)57-51)41-29-23-36(24-30-41)38-26-32-53-46(34-38)43-14-6-9-20-52(43)58-53/h1-34H. The van der Waals surface area contributed by atoms with Gasteiger partial charge in [0.2, 0.25) is 0 Å². The van der Waals surface area contributed by atoms with Crippen LogP contribution in [0.15, 0.2) is 211 Å². The lowest BCUT2D eigenvalue weighted by molar-refractivity contribution is 0.669. The maximum absolute atomic E-state index is 6.40. The summed E-state index contributed by atoms with van der Waals surface area (Å²) in [4.78, 5) is 2.37. The number of nitrogens with zero attached hydrogens (tertiary/aromatic N) is 2. The van der Waals surface area contributed by atoms with E-state index in [-0.39, 0.29) is 0 Å². The van der Waals surface area contributed by atoms with Crippen molar-refractivity contribution >= 4 is 92.3 Å². The summed E-state index contributed by atoms with van der Waals surface area (Å²) in [5.41, 5.74) is 13.3. The zero-order chi connectivity index (χ0) is 38.2. The molecule has 3 heterocycles. The van der Waals surface area contributed by atoms with Crippen molar-refractivity contribution in [3.8, 4) is 27.9 Å². The molecule has 0 saturated carbocycles. The molecule has 12 aromatic rings. The number of rotatable bonds is 6. The van der Waals surface area contributed by atoms with Crippen molar-refractivity contribution in [3.05, 3.63) is 206 Å². The summed E-state index contributed by atoms with van der Waals surface area (Å²) in [7, 11) is 0. The molecule has 0 atom stereocenters. The predicted molar refractivity (Wildman–Crippen MR) is 247 cm³/mol. The minimum absolute atomic E-state index is 0.871. The quantitative estimate of drug-likeness (QED) is 0.168. The molecule has 4 heteroatoms. The number of fused-ring (bicyclic) bond motifs is 9. The number of benzene rings is 9. The molecule has 0 aliphatic carbocycles. The second-order valence-corrected chi connectivity index (χ2v) is 16.0. The van der Waals surface area contributed by atoms with E-state index in [4.69, 9.17) is 4.42 Å². The maximum atomic E-state index is 6.40. The van der Waals surface area contributed by atoms with Crippen molar-refractivity contribution in [2.45, 2.75) is 0 Å². The minimum Gasteiger partial charge on any atom is -0.456 e. The third-order valence-corrected chi connectivity index (χ3v) is 12.8. The van der Waals surface area contributed by atoms with Gasteiger partial charge in [-0.15, -0.1) is 11.3 Å². The highest BCUT2D eigenvalue weighted by atomic mass is 32.1. The van der Waals surface area contributed by atoms with Crippen LogP contribution < -0.4 is 4.90 Å². The van der Waals surface area contributed by atoms with Crippen LogP contribution in [0.5, 0.6) is 0 Å². The van der Waals surface area contributed by atoms with Crippen LogP contribution in [-0.4, -0.2) is 4.57 Å². The Bertz CT molecular complexity index is 3500. The molecule has 0 amide bonds. The molecule has 0 bridgehead atoms. The number of aromatic nitrogens is 1. The van der Waals surface area contributed by atoms with Crippen LogP contribution in [0.3, 0.4) is 0 Å². The first kappa shape index (κ1) is 32.8. The van der Waals surface area contributed by atoms with E-state index in [2.05, 4.69) is 210 Å². The van der Waals surface area contributed by atoms with Crippen LogP contribution in [0, 0.1) is 0 Å². The molecule has 0 saturated heterocycles. The Labute approximate surface area is 338 Å². The van der Waals surface area contributed by atoms with Crippen LogP contribution in [0.25, 0.3) is 91.9 Å². The summed E-state index contributed by atoms with van der Waals surface area (Å²) in [6.45, 7) is 0. The van der Waals surface area contributed by atoms with Crippen LogP contribution in [-0.2, 0) is 0 Å². The molecule has 3 aromatic heterocycles. The summed E-state index contributed by atoms with van der Waals surface area (Å²) in [6, 6.07) is 74.4. The van der Waals surface area contributed by atoms with Crippen LogP contribution in [0.2, 0.25) is 0 Å². The fourth-order valence-corrected chi connectivity index (χ4v) is 9.98. The van der Waals surface area contributed by atoms with Gasteiger partial charge in [-0.3, -0.25) is 0 Å². The number of furan rings is 1. The molecular weight excluding hydrogens is 725 g/mol. The van der Waals surface area contributed by atoms with Crippen molar-refractivity contribution in [3.63, 3.8) is 0 Å². The highest BCUT2D eigenvalue weighted by Crippen LogP contribution is 2.44. The van der Waals surface area contributed by atoms with Gasteiger partial charge in [0, 0.05) is 53.4 Å². The third-order valence-electron chi connectivity index (χ3n) is 11.6. The largest absolute Gasteiger partial charge is 0.456 e. The summed E-state index contributed by atoms with van der Waals surface area (Å²) < 4.78 is 11.4. The lowest BCUT2D eigenvalue weighted by Crippen LogP contribution is -2.10. The number of hydrogen-bond donors (Lipinski definition) is 0. The highest BCUT2D eigenvalue weighted by molar-refractivity contribution is 7.25. The average molecular weight is 759 g/mol. The fraction of sp³-hybridized carbons (Fsp3) is 0. The normalized spacial score (nSPS) is 11.8. The van der Waals surface area contributed by atoms with Gasteiger partial charge in [0.25, 0.3) is 0 Å². The Morgan fingerprint density at radius 3 is 1.72 bits per heavy atom. The second-order valence-electron chi connectivity index (χ2n) is 14.9. The molecule has 58 heavy (non-hydrogen) atoms. The number of hydrogen-bond acceptors (Lipinski definition) is 3. The third kappa shape index (κ3) is 5.19. The van der Waals surface area contributed by atoms with Gasteiger partial charge in [0.05, 0.1) is 22.1 Å². The number of para-hydroxylation sites is 3. The van der Waals surface area contributed by atoms with Gasteiger partial charge in [0.1, 0.15) is 11.2 Å². The number of anilines is 3. The Balaban J connectivity index is 0.972. The van der Waals surface area contributed by atoms with E-state index in [0.717, 1.165) is 44.7 Å². The second kappa shape index (κ2) is 13.1. The van der Waals surface area contributed by atoms with Gasteiger partial charge in [-0.05, 0) is 113 Å². The first-order chi connectivity index (χ1) is 28.7. The zero-order valence-corrected chi connectivity index (χ0v) is 32.2. The minimum atomic E-state index is 0.871. The summed E-state index contributed by atoms with van der Waals surface area (Å²) in [6.07, 6.45) is 0. The monoisotopic (exact) mass is 758 g/mol. The van der Waals surface area contributed by atoms with Gasteiger partial charge in [-0.25, -0.2) is 0 Å². The van der Waals surface area contributed by atoms with E-state index in [9.17, 15) is 0 Å². The van der Waals surface area contributed by atoms with Gasteiger partial charge >= 0.3 is 0 Å². The fourth-order valence-electron chi connectivity index (χ4n) is 8.89. The molecule has 12 rings (SSSR count). The Kier molecular flexibility index (Phi) is 7.40. The van der Waals surface area contributed by atoms with Crippen LogP contribution in [0.4, 0.5) is 17.1 Å². The van der Waals surface area contributed by atoms with Gasteiger partial charge in [0.15, 0.2) is 0 Å². The Morgan fingerprint density at radius 1 is 0.379 bits per heavy atom. The lowest BCUT2D eigenvalue weighted by Gasteiger charge is -2.26. The molecule has 0 aliphatic heterocycles. The smallest absolute Gasteiger partial charge is 0.137 e. The van der Waals surface area contributed by atoms with E-state index in [1.165, 1.54) is 64.2 Å². The first-order valence-corrected chi connectivity index (χ1v) is 20.5. The van der Waals surface area contributed by atoms with Gasteiger partial charge in [-0.1, -0.05) is 115 Å². The van der Waals surface area contributed by atoms with Crippen molar-refractivity contribution in [2.24, 2.45) is 0 Å². The zero-order valence-electron chi connectivity index (χ0n) is 31.3. The first-order valence-electron chi connectivity index (χ1n) is 19.7. The molecule has 0 aliphatic rings. The van der Waals surface area contributed by atoms with Crippen molar-refractivity contribution in [2.75, 3.05) is 4.90 Å². The van der Waals surface area contributed by atoms with Crippen LogP contribution in [0.1, 0.15) is 0 Å². The molecule has 0 spiro atoms. The Hall–Kier alpha value is -7.40. The van der Waals surface area contributed by atoms with Gasteiger partial charge < -0.3 is 13.9 Å². The molecule has 0 unspecified atom stereocenters. The van der Waals surface area contributed by atoms with Crippen molar-refractivity contribution in [1.29, 1.82) is 0 Å². The molecule has 0 fully saturated rings.